The summed E-state index contributed by atoms with van der Waals surface area (Å²) in [6.07, 6.45) is 3.68. The van der Waals surface area contributed by atoms with Gasteiger partial charge in [-0.25, -0.2) is 0 Å². The van der Waals surface area contributed by atoms with Gasteiger partial charge in [0.15, 0.2) is 0 Å². The number of ether oxygens (including phenoxy) is 2. The van der Waals surface area contributed by atoms with Gasteiger partial charge in [0.1, 0.15) is 0 Å². The Bertz CT molecular complexity index is 474. The topological polar surface area (TPSA) is 127 Å². The summed E-state index contributed by atoms with van der Waals surface area (Å²) in [4.78, 5) is 45.5. The molecule has 0 saturated carbocycles. The summed E-state index contributed by atoms with van der Waals surface area (Å²) in [5, 5.41) is 17.7. The second kappa shape index (κ2) is 13.1. The van der Waals surface area contributed by atoms with Crippen LogP contribution >= 0.6 is 0 Å². The van der Waals surface area contributed by atoms with Crippen molar-refractivity contribution in [1.82, 2.24) is 0 Å². The Morgan fingerprint density at radius 3 is 1.85 bits per heavy atom. The Labute approximate surface area is 153 Å². The maximum absolute atomic E-state index is 12.0. The minimum Gasteiger partial charge on any atom is -0.481 e. The number of carbonyl (C=O) groups is 4. The van der Waals surface area contributed by atoms with Gasteiger partial charge in [-0.15, -0.1) is 0 Å². The molecule has 3 unspecified atom stereocenters. The largest absolute Gasteiger partial charge is 0.481 e. The van der Waals surface area contributed by atoms with Crippen LogP contribution in [-0.2, 0) is 28.7 Å². The van der Waals surface area contributed by atoms with E-state index in [1.807, 2.05) is 0 Å². The molecule has 2 N–H and O–H groups in total. The molecule has 0 aromatic carbocycles. The van der Waals surface area contributed by atoms with E-state index in [1.165, 1.54) is 21.1 Å². The molecule has 26 heavy (non-hydrogen) atoms. The fourth-order valence-electron chi connectivity index (χ4n) is 2.85. The van der Waals surface area contributed by atoms with Gasteiger partial charge in [-0.05, 0) is 25.7 Å². The molecule has 8 nitrogen and oxygen atoms in total. The number of rotatable bonds is 14. The summed E-state index contributed by atoms with van der Waals surface area (Å²) in [7, 11) is 2.51. The number of methoxy groups -OCH3 is 2. The van der Waals surface area contributed by atoms with Crippen LogP contribution in [0.1, 0.15) is 58.3 Å². The lowest BCUT2D eigenvalue weighted by Crippen LogP contribution is -2.28. The number of carboxylic acid groups (broad SMARTS) is 2. The lowest BCUT2D eigenvalue weighted by molar-refractivity contribution is -0.151. The molecule has 0 radical (unpaired) electrons. The first kappa shape index (κ1) is 23.9. The molecular formula is C18H30O8. The van der Waals surface area contributed by atoms with Gasteiger partial charge >= 0.3 is 23.9 Å². The van der Waals surface area contributed by atoms with Crippen LogP contribution in [0.15, 0.2) is 0 Å². The van der Waals surface area contributed by atoms with Gasteiger partial charge in [-0.3, -0.25) is 19.2 Å². The van der Waals surface area contributed by atoms with Crippen LogP contribution in [0.2, 0.25) is 0 Å². The first-order valence-corrected chi connectivity index (χ1v) is 8.83. The van der Waals surface area contributed by atoms with Crippen molar-refractivity contribution in [2.45, 2.75) is 58.3 Å². The van der Waals surface area contributed by atoms with Crippen LogP contribution < -0.4 is 0 Å². The highest BCUT2D eigenvalue weighted by Crippen LogP contribution is 2.26. The Hall–Kier alpha value is -2.12. The number of carbonyl (C=O) groups excluding carboxylic acids is 2. The van der Waals surface area contributed by atoms with E-state index in [0.29, 0.717) is 19.3 Å². The summed E-state index contributed by atoms with van der Waals surface area (Å²) in [5.41, 5.74) is 0. The molecule has 0 spiro atoms. The maximum Gasteiger partial charge on any atom is 0.308 e. The molecule has 8 heteroatoms. The zero-order valence-corrected chi connectivity index (χ0v) is 15.7. The minimum absolute atomic E-state index is 0.0914. The lowest BCUT2D eigenvalue weighted by atomic mass is 9.85. The van der Waals surface area contributed by atoms with Crippen molar-refractivity contribution in [3.63, 3.8) is 0 Å². The van der Waals surface area contributed by atoms with Crippen molar-refractivity contribution in [2.75, 3.05) is 14.2 Å². The number of carboxylic acids is 2. The quantitative estimate of drug-likeness (QED) is 0.351. The normalized spacial score (nSPS) is 14.1. The van der Waals surface area contributed by atoms with Crippen molar-refractivity contribution in [3.05, 3.63) is 0 Å². The minimum atomic E-state index is -1.01. The van der Waals surface area contributed by atoms with Crippen LogP contribution in [0.25, 0.3) is 0 Å². The third-order valence-corrected chi connectivity index (χ3v) is 4.39. The van der Waals surface area contributed by atoms with E-state index in [-0.39, 0.29) is 19.3 Å². The molecule has 0 aromatic rings. The first-order valence-electron chi connectivity index (χ1n) is 8.83. The van der Waals surface area contributed by atoms with E-state index in [9.17, 15) is 19.2 Å². The number of hydrogen-bond donors (Lipinski definition) is 2. The highest BCUT2D eigenvalue weighted by Gasteiger charge is 2.31. The van der Waals surface area contributed by atoms with Crippen molar-refractivity contribution in [1.29, 1.82) is 0 Å². The summed E-state index contributed by atoms with van der Waals surface area (Å²) < 4.78 is 9.55. The Morgan fingerprint density at radius 2 is 1.35 bits per heavy atom. The van der Waals surface area contributed by atoms with Gasteiger partial charge in [-0.2, -0.15) is 0 Å². The van der Waals surface area contributed by atoms with Crippen LogP contribution in [0.5, 0.6) is 0 Å². The molecule has 150 valence electrons. The zero-order valence-electron chi connectivity index (χ0n) is 15.7. The van der Waals surface area contributed by atoms with E-state index < -0.39 is 41.6 Å². The van der Waals surface area contributed by atoms with Crippen LogP contribution in [0.4, 0.5) is 0 Å². The van der Waals surface area contributed by atoms with Gasteiger partial charge in [0.25, 0.3) is 0 Å². The van der Waals surface area contributed by atoms with Gasteiger partial charge in [0.05, 0.1) is 32.0 Å². The molecule has 0 heterocycles. The van der Waals surface area contributed by atoms with Gasteiger partial charge in [-0.1, -0.05) is 26.2 Å². The molecule has 0 fully saturated rings. The fraction of sp³-hybridized carbons (Fsp3) is 0.778. The molecule has 0 aliphatic rings. The molecule has 0 aliphatic heterocycles. The molecule has 0 amide bonds. The molecule has 0 rings (SSSR count). The third-order valence-electron chi connectivity index (χ3n) is 4.39. The average molecular weight is 374 g/mol. The highest BCUT2D eigenvalue weighted by atomic mass is 16.5. The SMILES string of the molecule is COC(=O)C(CCCCCCC(=O)O)CC(CC(C)C(=O)O)C(=O)OC. The molecule has 3 atom stereocenters. The summed E-state index contributed by atoms with van der Waals surface area (Å²) in [6, 6.07) is 0. The number of hydrogen-bond acceptors (Lipinski definition) is 6. The number of esters is 2. The fourth-order valence-corrected chi connectivity index (χ4v) is 2.85. The van der Waals surface area contributed by atoms with E-state index in [0.717, 1.165) is 12.8 Å². The van der Waals surface area contributed by atoms with Crippen LogP contribution in [0, 0.1) is 17.8 Å². The predicted molar refractivity (Wildman–Crippen MR) is 92.4 cm³/mol. The Balaban J connectivity index is 4.70. The predicted octanol–water partition coefficient (Wildman–Crippen LogP) is 2.49. The number of aliphatic carboxylic acids is 2. The van der Waals surface area contributed by atoms with Gasteiger partial charge in [0, 0.05) is 6.42 Å². The summed E-state index contributed by atoms with van der Waals surface area (Å²) in [6.45, 7) is 1.51. The Morgan fingerprint density at radius 1 is 0.808 bits per heavy atom. The van der Waals surface area contributed by atoms with Crippen molar-refractivity contribution in [3.8, 4) is 0 Å². The van der Waals surface area contributed by atoms with Crippen molar-refractivity contribution >= 4 is 23.9 Å². The molecule has 0 saturated heterocycles. The van der Waals surface area contributed by atoms with Gasteiger partial charge in [0.2, 0.25) is 0 Å². The van der Waals surface area contributed by atoms with E-state index in [4.69, 9.17) is 19.7 Å². The summed E-state index contributed by atoms with van der Waals surface area (Å²) >= 11 is 0. The standard InChI is InChI=1S/C18H30O8/c1-12(16(21)22)10-14(18(24)26-3)11-13(17(23)25-2)8-6-4-5-7-9-15(19)20/h12-14H,4-11H2,1-3H3,(H,19,20)(H,21,22). The Kier molecular flexibility index (Phi) is 12.1. The molecular weight excluding hydrogens is 344 g/mol. The smallest absolute Gasteiger partial charge is 0.308 e. The summed E-state index contributed by atoms with van der Waals surface area (Å²) in [5.74, 6) is -4.75. The second-order valence-corrected chi connectivity index (χ2v) is 6.50. The molecule has 0 aromatic heterocycles. The maximum atomic E-state index is 12.0. The monoisotopic (exact) mass is 374 g/mol. The van der Waals surface area contributed by atoms with Crippen molar-refractivity contribution < 1.29 is 38.9 Å². The zero-order chi connectivity index (χ0) is 20.1. The highest BCUT2D eigenvalue weighted by molar-refractivity contribution is 5.77. The number of unbranched alkanes of at least 4 members (excludes halogenated alkanes) is 3. The van der Waals surface area contributed by atoms with Crippen molar-refractivity contribution in [2.24, 2.45) is 17.8 Å². The first-order chi connectivity index (χ1) is 12.2. The van der Waals surface area contributed by atoms with E-state index in [2.05, 4.69) is 0 Å². The second-order valence-electron chi connectivity index (χ2n) is 6.50. The van der Waals surface area contributed by atoms with Gasteiger partial charge < -0.3 is 19.7 Å². The van der Waals surface area contributed by atoms with Crippen LogP contribution in [0.3, 0.4) is 0 Å². The third kappa shape index (κ3) is 10.0. The van der Waals surface area contributed by atoms with E-state index >= 15 is 0 Å². The molecule has 0 aliphatic carbocycles. The molecule has 0 bridgehead atoms. The average Bonchev–Trinajstić information content (AvgIpc) is 2.60. The lowest BCUT2D eigenvalue weighted by Gasteiger charge is -2.22. The van der Waals surface area contributed by atoms with Crippen LogP contribution in [-0.4, -0.2) is 48.3 Å². The van der Waals surface area contributed by atoms with E-state index in [1.54, 1.807) is 0 Å².